The molecule has 2 rings (SSSR count). The third-order valence-corrected chi connectivity index (χ3v) is 4.06. The summed E-state index contributed by atoms with van der Waals surface area (Å²) in [5.41, 5.74) is 0.595. The van der Waals surface area contributed by atoms with Crippen LogP contribution in [0.4, 0.5) is 11.5 Å². The number of rotatable bonds is 6. The number of hydrogen-bond donors (Lipinski definition) is 2. The summed E-state index contributed by atoms with van der Waals surface area (Å²) in [7, 11) is -3.65. The molecule has 1 aromatic carbocycles. The molecule has 2 aromatic rings. The van der Waals surface area contributed by atoms with Crippen molar-refractivity contribution in [1.82, 2.24) is 4.98 Å². The summed E-state index contributed by atoms with van der Waals surface area (Å²) < 4.78 is 27.3. The standard InChI is InChI=1S/C14H17N3O2S/c1-2-10-15-12-7-3-4-8-13(12)20(18,19)17-14-9-5-6-11-16-14/h3-9,11,15H,2,10H2,1H3,(H,16,17). The number of pyridine rings is 1. The first kappa shape index (κ1) is 14.3. The van der Waals surface area contributed by atoms with Crippen LogP contribution in [0.5, 0.6) is 0 Å². The van der Waals surface area contributed by atoms with Crippen LogP contribution in [0.2, 0.25) is 0 Å². The molecule has 0 aliphatic carbocycles. The Morgan fingerprint density at radius 3 is 2.55 bits per heavy atom. The van der Waals surface area contributed by atoms with E-state index in [1.165, 1.54) is 0 Å². The van der Waals surface area contributed by atoms with Gasteiger partial charge in [-0.2, -0.15) is 0 Å². The van der Waals surface area contributed by atoms with E-state index in [2.05, 4.69) is 15.0 Å². The second-order valence-electron chi connectivity index (χ2n) is 4.24. The van der Waals surface area contributed by atoms with Gasteiger partial charge < -0.3 is 5.32 Å². The highest BCUT2D eigenvalue weighted by Gasteiger charge is 2.18. The maximum Gasteiger partial charge on any atom is 0.265 e. The largest absolute Gasteiger partial charge is 0.384 e. The molecule has 2 N–H and O–H groups in total. The number of benzene rings is 1. The second kappa shape index (κ2) is 6.38. The fourth-order valence-corrected chi connectivity index (χ4v) is 2.92. The molecule has 0 aliphatic heterocycles. The van der Waals surface area contributed by atoms with Gasteiger partial charge >= 0.3 is 0 Å². The molecule has 0 amide bonds. The van der Waals surface area contributed by atoms with Gasteiger partial charge in [-0.3, -0.25) is 4.72 Å². The molecule has 0 unspecified atom stereocenters. The molecule has 6 heteroatoms. The van der Waals surface area contributed by atoms with Gasteiger partial charge in [0.05, 0.1) is 5.69 Å². The van der Waals surface area contributed by atoms with E-state index in [0.717, 1.165) is 13.0 Å². The molecule has 0 bridgehead atoms. The molecule has 0 saturated heterocycles. The van der Waals surface area contributed by atoms with Crippen LogP contribution in [0, 0.1) is 0 Å². The zero-order chi connectivity index (χ0) is 14.4. The summed E-state index contributed by atoms with van der Waals surface area (Å²) in [5, 5.41) is 3.12. The molecular formula is C14H17N3O2S. The molecular weight excluding hydrogens is 274 g/mol. The summed E-state index contributed by atoms with van der Waals surface area (Å²) >= 11 is 0. The molecule has 0 radical (unpaired) electrons. The van der Waals surface area contributed by atoms with Gasteiger partial charge in [-0.05, 0) is 30.7 Å². The first-order chi connectivity index (χ1) is 9.63. The first-order valence-corrected chi connectivity index (χ1v) is 7.88. The molecule has 0 aliphatic rings. The molecule has 0 atom stereocenters. The first-order valence-electron chi connectivity index (χ1n) is 6.40. The minimum Gasteiger partial charge on any atom is -0.384 e. The van der Waals surface area contributed by atoms with Crippen LogP contribution in [0.25, 0.3) is 0 Å². The number of sulfonamides is 1. The summed E-state index contributed by atoms with van der Waals surface area (Å²) in [6, 6.07) is 11.9. The zero-order valence-electron chi connectivity index (χ0n) is 11.2. The van der Waals surface area contributed by atoms with Gasteiger partial charge in [0.1, 0.15) is 10.7 Å². The topological polar surface area (TPSA) is 71.1 Å². The van der Waals surface area contributed by atoms with Gasteiger partial charge in [-0.25, -0.2) is 13.4 Å². The fourth-order valence-electron chi connectivity index (χ4n) is 1.72. The molecule has 1 heterocycles. The Hall–Kier alpha value is -2.08. The van der Waals surface area contributed by atoms with Crippen molar-refractivity contribution < 1.29 is 8.42 Å². The SMILES string of the molecule is CCCNc1ccccc1S(=O)(=O)Nc1ccccn1. The van der Waals surface area contributed by atoms with Gasteiger partial charge in [-0.1, -0.05) is 25.1 Å². The maximum atomic E-state index is 12.4. The van der Waals surface area contributed by atoms with E-state index in [4.69, 9.17) is 0 Å². The molecule has 0 fully saturated rings. The van der Waals surface area contributed by atoms with E-state index in [0.29, 0.717) is 11.5 Å². The highest BCUT2D eigenvalue weighted by atomic mass is 32.2. The summed E-state index contributed by atoms with van der Waals surface area (Å²) in [6.45, 7) is 2.74. The Labute approximate surface area is 119 Å². The lowest BCUT2D eigenvalue weighted by atomic mass is 10.3. The maximum absolute atomic E-state index is 12.4. The Morgan fingerprint density at radius 2 is 1.85 bits per heavy atom. The fraction of sp³-hybridized carbons (Fsp3) is 0.214. The number of anilines is 2. The minimum atomic E-state index is -3.65. The molecule has 0 spiro atoms. The summed E-state index contributed by atoms with van der Waals surface area (Å²) in [6.07, 6.45) is 2.46. The molecule has 5 nitrogen and oxygen atoms in total. The van der Waals surface area contributed by atoms with Gasteiger partial charge in [0.15, 0.2) is 0 Å². The predicted octanol–water partition coefficient (Wildman–Crippen LogP) is 2.70. The van der Waals surface area contributed by atoms with Gasteiger partial charge in [0.25, 0.3) is 10.0 Å². The van der Waals surface area contributed by atoms with E-state index in [1.807, 2.05) is 6.92 Å². The number of nitrogens with zero attached hydrogens (tertiary/aromatic N) is 1. The van der Waals surface area contributed by atoms with Crippen LogP contribution in [0.3, 0.4) is 0 Å². The third-order valence-electron chi connectivity index (χ3n) is 2.65. The smallest absolute Gasteiger partial charge is 0.265 e. The van der Waals surface area contributed by atoms with Crippen molar-refractivity contribution in [2.75, 3.05) is 16.6 Å². The average molecular weight is 291 g/mol. The van der Waals surface area contributed by atoms with Gasteiger partial charge in [0.2, 0.25) is 0 Å². The second-order valence-corrected chi connectivity index (χ2v) is 5.89. The highest BCUT2D eigenvalue weighted by molar-refractivity contribution is 7.92. The van der Waals surface area contributed by atoms with Gasteiger partial charge in [0, 0.05) is 12.7 Å². The van der Waals surface area contributed by atoms with Crippen molar-refractivity contribution in [3.63, 3.8) is 0 Å². The highest BCUT2D eigenvalue weighted by Crippen LogP contribution is 2.22. The van der Waals surface area contributed by atoms with Crippen LogP contribution in [-0.4, -0.2) is 19.9 Å². The molecule has 1 aromatic heterocycles. The van der Waals surface area contributed by atoms with Crippen LogP contribution in [0.15, 0.2) is 53.6 Å². The van der Waals surface area contributed by atoms with E-state index in [-0.39, 0.29) is 4.90 Å². The normalized spacial score (nSPS) is 11.1. The minimum absolute atomic E-state index is 0.221. The lowest BCUT2D eigenvalue weighted by molar-refractivity contribution is 0.601. The Kier molecular flexibility index (Phi) is 4.57. The van der Waals surface area contributed by atoms with Crippen molar-refractivity contribution in [1.29, 1.82) is 0 Å². The van der Waals surface area contributed by atoms with Crippen molar-refractivity contribution in [3.05, 3.63) is 48.7 Å². The molecule has 106 valence electrons. The summed E-state index contributed by atoms with van der Waals surface area (Å²) in [5.74, 6) is 0.304. The Balaban J connectivity index is 2.30. The van der Waals surface area contributed by atoms with Crippen molar-refractivity contribution in [2.24, 2.45) is 0 Å². The van der Waals surface area contributed by atoms with Crippen molar-refractivity contribution in [2.45, 2.75) is 18.2 Å². The quantitative estimate of drug-likeness (QED) is 0.858. The molecule has 20 heavy (non-hydrogen) atoms. The number of hydrogen-bond acceptors (Lipinski definition) is 4. The van der Waals surface area contributed by atoms with Crippen LogP contribution in [0.1, 0.15) is 13.3 Å². The van der Waals surface area contributed by atoms with Crippen molar-refractivity contribution >= 4 is 21.5 Å². The van der Waals surface area contributed by atoms with E-state index < -0.39 is 10.0 Å². The van der Waals surface area contributed by atoms with E-state index in [1.54, 1.807) is 48.7 Å². The number of para-hydroxylation sites is 1. The van der Waals surface area contributed by atoms with Gasteiger partial charge in [-0.15, -0.1) is 0 Å². The third kappa shape index (κ3) is 3.48. The lowest BCUT2D eigenvalue weighted by Gasteiger charge is -2.12. The Morgan fingerprint density at radius 1 is 1.10 bits per heavy atom. The van der Waals surface area contributed by atoms with Crippen LogP contribution >= 0.6 is 0 Å². The molecule has 0 saturated carbocycles. The van der Waals surface area contributed by atoms with Crippen LogP contribution < -0.4 is 10.0 Å². The monoisotopic (exact) mass is 291 g/mol. The van der Waals surface area contributed by atoms with E-state index >= 15 is 0 Å². The Bertz CT molecular complexity index is 657. The lowest BCUT2D eigenvalue weighted by Crippen LogP contribution is -2.16. The summed E-state index contributed by atoms with van der Waals surface area (Å²) in [4.78, 5) is 4.19. The predicted molar refractivity (Wildman–Crippen MR) is 80.3 cm³/mol. The zero-order valence-corrected chi connectivity index (χ0v) is 12.0. The average Bonchev–Trinajstić information content (AvgIpc) is 2.46. The van der Waals surface area contributed by atoms with Crippen molar-refractivity contribution in [3.8, 4) is 0 Å². The number of aromatic nitrogens is 1. The van der Waals surface area contributed by atoms with Crippen LogP contribution in [-0.2, 0) is 10.0 Å². The van der Waals surface area contributed by atoms with E-state index in [9.17, 15) is 8.42 Å². The number of nitrogens with one attached hydrogen (secondary N) is 2.